The van der Waals surface area contributed by atoms with Crippen molar-refractivity contribution in [2.45, 2.75) is 23.3 Å². The average molecular weight is 237 g/mol. The molecule has 3 rings (SSSR count). The number of nitrogens with zero attached hydrogens (tertiary/aromatic N) is 1. The monoisotopic (exact) mass is 237 g/mol. The molecule has 1 saturated heterocycles. The second-order valence-electron chi connectivity index (χ2n) is 4.17. The first-order valence-corrected chi connectivity index (χ1v) is 6.26. The van der Waals surface area contributed by atoms with Crippen LogP contribution in [0.15, 0.2) is 23.1 Å². The van der Waals surface area contributed by atoms with Crippen molar-refractivity contribution in [1.82, 2.24) is 0 Å². The molecule has 1 fully saturated rings. The van der Waals surface area contributed by atoms with Gasteiger partial charge in [-0.2, -0.15) is 0 Å². The van der Waals surface area contributed by atoms with E-state index >= 15 is 0 Å². The van der Waals surface area contributed by atoms with Gasteiger partial charge in [0.05, 0.1) is 4.92 Å². The van der Waals surface area contributed by atoms with E-state index in [0.29, 0.717) is 0 Å². The third kappa shape index (κ3) is 1.35. The predicted molar refractivity (Wildman–Crippen MR) is 60.7 cm³/mol. The Morgan fingerprint density at radius 3 is 3.06 bits per heavy atom. The molecule has 1 aromatic rings. The van der Waals surface area contributed by atoms with Crippen molar-refractivity contribution in [2.24, 2.45) is 0 Å². The Balaban J connectivity index is 2.09. The lowest BCUT2D eigenvalue weighted by Gasteiger charge is -2.22. The molecule has 0 aromatic heterocycles. The van der Waals surface area contributed by atoms with Gasteiger partial charge < -0.3 is 4.74 Å². The van der Waals surface area contributed by atoms with Crippen LogP contribution in [-0.2, 0) is 10.3 Å². The molecule has 0 aliphatic carbocycles. The van der Waals surface area contributed by atoms with E-state index in [4.69, 9.17) is 4.74 Å². The highest BCUT2D eigenvalue weighted by atomic mass is 32.2. The van der Waals surface area contributed by atoms with Gasteiger partial charge in [-0.1, -0.05) is 0 Å². The molecule has 0 bridgehead atoms. The molecule has 1 atom stereocenters. The van der Waals surface area contributed by atoms with Crippen molar-refractivity contribution < 1.29 is 9.66 Å². The minimum absolute atomic E-state index is 0.163. The van der Waals surface area contributed by atoms with E-state index in [9.17, 15) is 10.1 Å². The SMILES string of the molecule is O=[N+]([O-])c1ccc2c(c1)C1(CCCO1)CS2. The Hall–Kier alpha value is -1.07. The van der Waals surface area contributed by atoms with Crippen LogP contribution < -0.4 is 0 Å². The highest BCUT2D eigenvalue weighted by Gasteiger charge is 2.43. The predicted octanol–water partition coefficient (Wildman–Crippen LogP) is 2.71. The van der Waals surface area contributed by atoms with Gasteiger partial charge in [-0.15, -0.1) is 11.8 Å². The molecule has 5 heteroatoms. The van der Waals surface area contributed by atoms with E-state index in [-0.39, 0.29) is 16.2 Å². The molecule has 1 spiro atoms. The lowest BCUT2D eigenvalue weighted by Crippen LogP contribution is -2.24. The molecule has 84 valence electrons. The summed E-state index contributed by atoms with van der Waals surface area (Å²) in [5, 5.41) is 10.8. The van der Waals surface area contributed by atoms with Crippen LogP contribution in [0, 0.1) is 10.1 Å². The fourth-order valence-corrected chi connectivity index (χ4v) is 3.75. The van der Waals surface area contributed by atoms with Gasteiger partial charge in [-0.05, 0) is 18.9 Å². The Bertz CT molecular complexity index is 455. The van der Waals surface area contributed by atoms with Crippen molar-refractivity contribution >= 4 is 17.4 Å². The molecule has 0 radical (unpaired) electrons. The highest BCUT2D eigenvalue weighted by molar-refractivity contribution is 7.99. The molecule has 1 unspecified atom stereocenters. The normalized spacial score (nSPS) is 27.2. The lowest BCUT2D eigenvalue weighted by molar-refractivity contribution is -0.385. The smallest absolute Gasteiger partial charge is 0.269 e. The molecule has 4 nitrogen and oxygen atoms in total. The number of nitro benzene ring substituents is 1. The molecule has 2 heterocycles. The maximum atomic E-state index is 10.8. The molecule has 16 heavy (non-hydrogen) atoms. The first-order chi connectivity index (χ1) is 7.71. The minimum atomic E-state index is -0.341. The van der Waals surface area contributed by atoms with E-state index in [0.717, 1.165) is 35.7 Å². The molecule has 0 saturated carbocycles. The Morgan fingerprint density at radius 2 is 2.38 bits per heavy atom. The number of rotatable bonds is 1. The number of non-ortho nitro benzene ring substituents is 1. The summed E-state index contributed by atoms with van der Waals surface area (Å²) in [6, 6.07) is 5.09. The van der Waals surface area contributed by atoms with Gasteiger partial charge in [-0.3, -0.25) is 10.1 Å². The van der Waals surface area contributed by atoms with E-state index in [1.54, 1.807) is 23.9 Å². The number of ether oxygens (including phenoxy) is 1. The molecule has 0 N–H and O–H groups in total. The van der Waals surface area contributed by atoms with Crippen molar-refractivity contribution in [3.05, 3.63) is 33.9 Å². The van der Waals surface area contributed by atoms with Crippen LogP contribution in [0.3, 0.4) is 0 Å². The van der Waals surface area contributed by atoms with Gasteiger partial charge in [0.15, 0.2) is 0 Å². The second-order valence-corrected chi connectivity index (χ2v) is 5.19. The Kier molecular flexibility index (Phi) is 2.19. The number of hydrogen-bond donors (Lipinski definition) is 0. The number of hydrogen-bond acceptors (Lipinski definition) is 4. The minimum Gasteiger partial charge on any atom is -0.369 e. The number of benzene rings is 1. The summed E-state index contributed by atoms with van der Waals surface area (Å²) in [7, 11) is 0. The molecule has 2 aliphatic rings. The van der Waals surface area contributed by atoms with Gasteiger partial charge in [0.2, 0.25) is 0 Å². The summed E-state index contributed by atoms with van der Waals surface area (Å²) < 4.78 is 5.82. The summed E-state index contributed by atoms with van der Waals surface area (Å²) >= 11 is 1.74. The standard InChI is InChI=1S/C11H11NO3S/c13-12(14)8-2-3-10-9(6-8)11(7-16-10)4-1-5-15-11/h2-3,6H,1,4-5,7H2. The van der Waals surface area contributed by atoms with Crippen LogP contribution in [-0.4, -0.2) is 17.3 Å². The third-order valence-corrected chi connectivity index (χ3v) is 4.51. The van der Waals surface area contributed by atoms with Gasteiger partial charge in [-0.25, -0.2) is 0 Å². The number of nitro groups is 1. The largest absolute Gasteiger partial charge is 0.369 e. The third-order valence-electron chi connectivity index (χ3n) is 3.23. The van der Waals surface area contributed by atoms with Crippen molar-refractivity contribution in [2.75, 3.05) is 12.4 Å². The summed E-state index contributed by atoms with van der Waals surface area (Å²) in [5.74, 6) is 0.892. The second kappa shape index (κ2) is 3.46. The molecular weight excluding hydrogens is 226 g/mol. The fraction of sp³-hybridized carbons (Fsp3) is 0.455. The summed E-state index contributed by atoms with van der Waals surface area (Å²) in [5.41, 5.74) is 0.937. The van der Waals surface area contributed by atoms with E-state index < -0.39 is 0 Å². The van der Waals surface area contributed by atoms with Crippen LogP contribution in [0.1, 0.15) is 18.4 Å². The van der Waals surface area contributed by atoms with Crippen LogP contribution >= 0.6 is 11.8 Å². The number of thioether (sulfide) groups is 1. The van der Waals surface area contributed by atoms with Crippen molar-refractivity contribution in [3.8, 4) is 0 Å². The zero-order valence-electron chi connectivity index (χ0n) is 8.64. The lowest BCUT2D eigenvalue weighted by atomic mass is 9.93. The Labute approximate surface area is 97.1 Å². The van der Waals surface area contributed by atoms with Crippen molar-refractivity contribution in [3.63, 3.8) is 0 Å². The maximum absolute atomic E-state index is 10.8. The first-order valence-electron chi connectivity index (χ1n) is 5.27. The zero-order chi connectivity index (χ0) is 11.2. The van der Waals surface area contributed by atoms with Crippen LogP contribution in [0.25, 0.3) is 0 Å². The van der Waals surface area contributed by atoms with Gasteiger partial charge in [0.1, 0.15) is 5.60 Å². The van der Waals surface area contributed by atoms with E-state index in [2.05, 4.69) is 0 Å². The average Bonchev–Trinajstić information content (AvgIpc) is 2.88. The molecule has 1 aromatic carbocycles. The first kappa shape index (κ1) is 10.1. The number of fused-ring (bicyclic) bond motifs is 2. The van der Waals surface area contributed by atoms with Gasteiger partial charge in [0, 0.05) is 35.0 Å². The fourth-order valence-electron chi connectivity index (χ4n) is 2.41. The summed E-state index contributed by atoms with van der Waals surface area (Å²) in [4.78, 5) is 11.6. The van der Waals surface area contributed by atoms with Crippen LogP contribution in [0.5, 0.6) is 0 Å². The van der Waals surface area contributed by atoms with E-state index in [1.807, 2.05) is 6.07 Å². The summed E-state index contributed by atoms with van der Waals surface area (Å²) in [6.45, 7) is 0.767. The van der Waals surface area contributed by atoms with Gasteiger partial charge >= 0.3 is 0 Å². The molecule has 0 amide bonds. The van der Waals surface area contributed by atoms with Crippen LogP contribution in [0.4, 0.5) is 5.69 Å². The topological polar surface area (TPSA) is 52.4 Å². The molecule has 2 aliphatic heterocycles. The summed E-state index contributed by atoms with van der Waals surface area (Å²) in [6.07, 6.45) is 2.02. The highest BCUT2D eigenvalue weighted by Crippen LogP contribution is 2.50. The maximum Gasteiger partial charge on any atom is 0.269 e. The Morgan fingerprint density at radius 1 is 1.50 bits per heavy atom. The van der Waals surface area contributed by atoms with Gasteiger partial charge in [0.25, 0.3) is 5.69 Å². The molecular formula is C11H11NO3S. The zero-order valence-corrected chi connectivity index (χ0v) is 9.46. The quantitative estimate of drug-likeness (QED) is 0.556. The van der Waals surface area contributed by atoms with E-state index in [1.165, 1.54) is 0 Å². The van der Waals surface area contributed by atoms with Crippen LogP contribution in [0.2, 0.25) is 0 Å². The van der Waals surface area contributed by atoms with Crippen molar-refractivity contribution in [1.29, 1.82) is 0 Å².